The highest BCUT2D eigenvalue weighted by Crippen LogP contribution is 2.29. The zero-order valence-corrected chi connectivity index (χ0v) is 15.2. The molecule has 4 rings (SSSR count). The molecule has 2 aromatic carbocycles. The number of nitrogens with one attached hydrogen (secondary N) is 1. The molecule has 144 valence electrons. The second-order valence-electron chi connectivity index (χ2n) is 7.21. The van der Waals surface area contributed by atoms with Crippen molar-refractivity contribution in [1.29, 1.82) is 0 Å². The number of methoxy groups -OCH3 is 1. The van der Waals surface area contributed by atoms with Gasteiger partial charge in [-0.2, -0.15) is 0 Å². The van der Waals surface area contributed by atoms with Gasteiger partial charge in [0.2, 0.25) is 0 Å². The number of fused-ring (bicyclic) bond motifs is 3. The van der Waals surface area contributed by atoms with Gasteiger partial charge in [0.05, 0.1) is 25.4 Å². The number of likely N-dealkylation sites (tertiary alicyclic amines) is 1. The Morgan fingerprint density at radius 3 is 2.96 bits per heavy atom. The minimum absolute atomic E-state index is 0.0260. The molecule has 3 atom stereocenters. The first-order valence-electron chi connectivity index (χ1n) is 9.16. The van der Waals surface area contributed by atoms with E-state index in [1.54, 1.807) is 13.2 Å². The second kappa shape index (κ2) is 7.32. The van der Waals surface area contributed by atoms with Crippen molar-refractivity contribution in [3.63, 3.8) is 0 Å². The Balaban J connectivity index is 1.48. The molecule has 2 fully saturated rings. The van der Waals surface area contributed by atoms with Crippen molar-refractivity contribution in [3.05, 3.63) is 41.7 Å². The van der Waals surface area contributed by atoms with E-state index < -0.39 is 6.09 Å². The molecule has 27 heavy (non-hydrogen) atoms. The molecule has 0 radical (unpaired) electrons. The first-order valence-corrected chi connectivity index (χ1v) is 9.16. The largest absolute Gasteiger partial charge is 0.497 e. The van der Waals surface area contributed by atoms with Gasteiger partial charge >= 0.3 is 6.09 Å². The summed E-state index contributed by atoms with van der Waals surface area (Å²) in [6.45, 7) is 2.09. The molecule has 3 unspecified atom stereocenters. The van der Waals surface area contributed by atoms with Gasteiger partial charge in [0.25, 0.3) is 0 Å². The summed E-state index contributed by atoms with van der Waals surface area (Å²) in [4.78, 5) is 13.2. The van der Waals surface area contributed by atoms with Crippen LogP contribution in [0.3, 0.4) is 0 Å². The van der Waals surface area contributed by atoms with Crippen molar-refractivity contribution >= 4 is 16.9 Å². The van der Waals surface area contributed by atoms with E-state index in [1.165, 1.54) is 6.07 Å². The van der Waals surface area contributed by atoms with Gasteiger partial charge in [-0.15, -0.1) is 0 Å². The monoisotopic (exact) mass is 374 g/mol. The minimum atomic E-state index is -1.02. The number of halogens is 1. The lowest BCUT2D eigenvalue weighted by Gasteiger charge is -2.32. The van der Waals surface area contributed by atoms with E-state index in [2.05, 4.69) is 10.2 Å². The van der Waals surface area contributed by atoms with Crippen LogP contribution < -0.4 is 10.1 Å². The van der Waals surface area contributed by atoms with Crippen LogP contribution in [0.4, 0.5) is 9.18 Å². The van der Waals surface area contributed by atoms with Crippen molar-refractivity contribution in [2.45, 2.75) is 31.1 Å². The van der Waals surface area contributed by atoms with Crippen molar-refractivity contribution in [2.75, 3.05) is 26.7 Å². The summed E-state index contributed by atoms with van der Waals surface area (Å²) in [6, 6.07) is 8.82. The maximum absolute atomic E-state index is 14.5. The molecule has 2 aromatic rings. The number of rotatable bonds is 5. The standard InChI is InChI=1S/C20H23FN2O4/c1-26-13-4-2-12-3-5-17(21)15(16(12)8-13)6-7-23-10-14-9-18(22-20(24)25)19(11-23)27-14/h2-5,8,14,18-19,22H,6-7,9-11H2,1H3,(H,24,25). The van der Waals surface area contributed by atoms with Gasteiger partial charge in [-0.3, -0.25) is 4.90 Å². The quantitative estimate of drug-likeness (QED) is 0.842. The molecule has 7 heteroatoms. The van der Waals surface area contributed by atoms with Crippen LogP contribution in [-0.2, 0) is 11.2 Å². The Morgan fingerprint density at radius 2 is 2.19 bits per heavy atom. The summed E-state index contributed by atoms with van der Waals surface area (Å²) >= 11 is 0. The third kappa shape index (κ3) is 3.70. The van der Waals surface area contributed by atoms with Gasteiger partial charge in [0.15, 0.2) is 0 Å². The molecular formula is C20H23FN2O4. The summed E-state index contributed by atoms with van der Waals surface area (Å²) < 4.78 is 25.7. The number of amides is 1. The average molecular weight is 374 g/mol. The number of hydrogen-bond acceptors (Lipinski definition) is 4. The summed E-state index contributed by atoms with van der Waals surface area (Å²) in [5, 5.41) is 13.4. The third-order valence-corrected chi connectivity index (χ3v) is 5.50. The van der Waals surface area contributed by atoms with E-state index in [4.69, 9.17) is 14.6 Å². The van der Waals surface area contributed by atoms with Gasteiger partial charge < -0.3 is 19.9 Å². The lowest BCUT2D eigenvalue weighted by Crippen LogP contribution is -2.48. The molecule has 0 aromatic heterocycles. The molecule has 1 amide bonds. The molecule has 2 saturated heterocycles. The molecule has 6 nitrogen and oxygen atoms in total. The second-order valence-corrected chi connectivity index (χ2v) is 7.21. The van der Waals surface area contributed by atoms with E-state index in [-0.39, 0.29) is 24.1 Å². The molecule has 2 N–H and O–H groups in total. The topological polar surface area (TPSA) is 71.0 Å². The van der Waals surface area contributed by atoms with Crippen LogP contribution in [-0.4, -0.2) is 61.1 Å². The van der Waals surface area contributed by atoms with Crippen LogP contribution in [0, 0.1) is 5.82 Å². The lowest BCUT2D eigenvalue weighted by molar-refractivity contribution is -0.0419. The number of benzene rings is 2. The van der Waals surface area contributed by atoms with Crippen LogP contribution in [0.5, 0.6) is 5.75 Å². The number of nitrogens with zero attached hydrogens (tertiary/aromatic N) is 1. The minimum Gasteiger partial charge on any atom is -0.497 e. The number of carbonyl (C=O) groups is 1. The van der Waals surface area contributed by atoms with E-state index in [9.17, 15) is 9.18 Å². The maximum Gasteiger partial charge on any atom is 0.404 e. The number of ether oxygens (including phenoxy) is 2. The highest BCUT2D eigenvalue weighted by molar-refractivity contribution is 5.87. The van der Waals surface area contributed by atoms with Gasteiger partial charge in [-0.05, 0) is 47.4 Å². The fraction of sp³-hybridized carbons (Fsp3) is 0.450. The fourth-order valence-electron chi connectivity index (χ4n) is 4.22. The van der Waals surface area contributed by atoms with E-state index >= 15 is 0 Å². The highest BCUT2D eigenvalue weighted by Gasteiger charge is 2.41. The predicted molar refractivity (Wildman–Crippen MR) is 98.8 cm³/mol. The Hall–Kier alpha value is -2.38. The normalized spacial score (nSPS) is 24.9. The van der Waals surface area contributed by atoms with Crippen LogP contribution in [0.2, 0.25) is 0 Å². The zero-order valence-electron chi connectivity index (χ0n) is 15.2. The predicted octanol–water partition coefficient (Wildman–Crippen LogP) is 2.64. The molecule has 0 spiro atoms. The van der Waals surface area contributed by atoms with Crippen LogP contribution >= 0.6 is 0 Å². The van der Waals surface area contributed by atoms with Gasteiger partial charge in [-0.1, -0.05) is 12.1 Å². The lowest BCUT2D eigenvalue weighted by atomic mass is 10.0. The Kier molecular flexibility index (Phi) is 4.88. The Bertz CT molecular complexity index is 859. The molecule has 0 aliphatic carbocycles. The highest BCUT2D eigenvalue weighted by atomic mass is 19.1. The fourth-order valence-corrected chi connectivity index (χ4v) is 4.22. The number of morpholine rings is 1. The Morgan fingerprint density at radius 1 is 1.37 bits per heavy atom. The molecule has 2 heterocycles. The van der Waals surface area contributed by atoms with Crippen LogP contribution in [0.1, 0.15) is 12.0 Å². The number of hydrogen-bond donors (Lipinski definition) is 2. The molecule has 2 bridgehead atoms. The average Bonchev–Trinajstić information content (AvgIpc) is 2.92. The van der Waals surface area contributed by atoms with E-state index in [1.807, 2.05) is 18.2 Å². The SMILES string of the molecule is COc1ccc2ccc(F)c(CCN3CC4CC(NC(=O)O)C(C3)O4)c2c1. The molecule has 0 saturated carbocycles. The van der Waals surface area contributed by atoms with Gasteiger partial charge in [0, 0.05) is 19.6 Å². The van der Waals surface area contributed by atoms with Crippen molar-refractivity contribution in [2.24, 2.45) is 0 Å². The van der Waals surface area contributed by atoms with Gasteiger partial charge in [-0.25, -0.2) is 9.18 Å². The molecular weight excluding hydrogens is 351 g/mol. The van der Waals surface area contributed by atoms with Crippen molar-refractivity contribution in [3.8, 4) is 5.75 Å². The van der Waals surface area contributed by atoms with Crippen LogP contribution in [0.25, 0.3) is 10.8 Å². The van der Waals surface area contributed by atoms with Crippen LogP contribution in [0.15, 0.2) is 30.3 Å². The summed E-state index contributed by atoms with van der Waals surface area (Å²) in [5.41, 5.74) is 0.686. The van der Waals surface area contributed by atoms with Crippen molar-refractivity contribution < 1.29 is 23.8 Å². The Labute approximate surface area is 156 Å². The third-order valence-electron chi connectivity index (χ3n) is 5.50. The summed E-state index contributed by atoms with van der Waals surface area (Å²) in [5.74, 6) is 0.499. The smallest absolute Gasteiger partial charge is 0.404 e. The molecule has 2 aliphatic rings. The van der Waals surface area contributed by atoms with E-state index in [0.717, 1.165) is 17.3 Å². The zero-order chi connectivity index (χ0) is 19.0. The number of carboxylic acid groups (broad SMARTS) is 1. The summed E-state index contributed by atoms with van der Waals surface area (Å²) in [7, 11) is 1.60. The first kappa shape index (κ1) is 18.0. The van der Waals surface area contributed by atoms with Crippen molar-refractivity contribution in [1.82, 2.24) is 10.2 Å². The van der Waals surface area contributed by atoms with E-state index in [0.29, 0.717) is 37.2 Å². The van der Waals surface area contributed by atoms with Gasteiger partial charge in [0.1, 0.15) is 11.6 Å². The summed E-state index contributed by atoms with van der Waals surface area (Å²) in [6.07, 6.45) is 0.130. The maximum atomic E-state index is 14.5. The molecule has 2 aliphatic heterocycles. The first-order chi connectivity index (χ1) is 13.0.